The number of nitro groups is 1. The van der Waals surface area contributed by atoms with E-state index in [0.717, 1.165) is 5.56 Å². The van der Waals surface area contributed by atoms with E-state index in [9.17, 15) is 19.7 Å². The lowest BCUT2D eigenvalue weighted by molar-refractivity contribution is -0.384. The van der Waals surface area contributed by atoms with E-state index in [1.807, 2.05) is 18.2 Å². The van der Waals surface area contributed by atoms with Gasteiger partial charge in [-0.2, -0.15) is 0 Å². The molecular formula is C30H24ClN3O7S. The van der Waals surface area contributed by atoms with E-state index in [4.69, 9.17) is 25.8 Å². The molecule has 0 radical (unpaired) electrons. The number of allylic oxidation sites excluding steroid dienone is 1. The molecule has 12 heteroatoms. The van der Waals surface area contributed by atoms with Crippen LogP contribution in [0.3, 0.4) is 0 Å². The Bertz CT molecular complexity index is 1910. The van der Waals surface area contributed by atoms with Crippen molar-refractivity contribution in [1.82, 2.24) is 4.57 Å². The lowest BCUT2D eigenvalue weighted by Gasteiger charge is -2.25. The molecule has 214 valence electrons. The number of hydrogen-bond acceptors (Lipinski definition) is 9. The van der Waals surface area contributed by atoms with Gasteiger partial charge in [0, 0.05) is 28.3 Å². The van der Waals surface area contributed by atoms with E-state index in [-0.39, 0.29) is 23.4 Å². The van der Waals surface area contributed by atoms with E-state index in [1.165, 1.54) is 42.3 Å². The number of halogens is 1. The Morgan fingerprint density at radius 2 is 1.86 bits per heavy atom. The normalized spacial score (nSPS) is 14.7. The van der Waals surface area contributed by atoms with Gasteiger partial charge in [0.25, 0.3) is 11.2 Å². The van der Waals surface area contributed by atoms with Gasteiger partial charge in [0.15, 0.2) is 4.80 Å². The maximum atomic E-state index is 14.0. The number of rotatable bonds is 8. The maximum Gasteiger partial charge on any atom is 0.338 e. The zero-order valence-corrected chi connectivity index (χ0v) is 24.3. The van der Waals surface area contributed by atoms with Gasteiger partial charge in [-0.05, 0) is 55.0 Å². The largest absolute Gasteiger partial charge is 0.496 e. The summed E-state index contributed by atoms with van der Waals surface area (Å²) in [7, 11) is 2.77. The van der Waals surface area contributed by atoms with E-state index < -0.39 is 16.9 Å². The number of para-hydroxylation sites is 1. The first-order chi connectivity index (χ1) is 20.2. The highest BCUT2D eigenvalue weighted by atomic mass is 35.5. The molecule has 3 aromatic carbocycles. The van der Waals surface area contributed by atoms with Gasteiger partial charge < -0.3 is 14.2 Å². The number of hydrogen-bond donors (Lipinski definition) is 0. The van der Waals surface area contributed by atoms with Crippen molar-refractivity contribution >= 4 is 40.7 Å². The molecule has 0 aliphatic carbocycles. The number of methoxy groups -OCH3 is 2. The SMILES string of the molecule is COC(=O)C1=C(C)N=c2s/c(=C\c3ccccc3OCc3ccc([N+](=O)[O-])cc3)c(=O)n2[C@@H]1c1cc(Cl)ccc1OC. The smallest absolute Gasteiger partial charge is 0.338 e. The molecule has 0 amide bonds. The summed E-state index contributed by atoms with van der Waals surface area (Å²) in [4.78, 5) is 42.4. The molecule has 1 aliphatic heterocycles. The van der Waals surface area contributed by atoms with Crippen LogP contribution in [0.25, 0.3) is 6.08 Å². The van der Waals surface area contributed by atoms with Crippen LogP contribution in [-0.2, 0) is 16.1 Å². The Hall–Kier alpha value is -4.74. The second kappa shape index (κ2) is 12.0. The van der Waals surface area contributed by atoms with Gasteiger partial charge in [-0.25, -0.2) is 9.79 Å². The summed E-state index contributed by atoms with van der Waals surface area (Å²) in [6, 6.07) is 17.4. The second-order valence-corrected chi connectivity index (χ2v) is 10.7. The average molecular weight is 606 g/mol. The highest BCUT2D eigenvalue weighted by molar-refractivity contribution is 7.07. The Morgan fingerprint density at radius 1 is 1.12 bits per heavy atom. The summed E-state index contributed by atoms with van der Waals surface area (Å²) in [5, 5.41) is 11.4. The zero-order valence-electron chi connectivity index (χ0n) is 22.7. The summed E-state index contributed by atoms with van der Waals surface area (Å²) in [5.41, 5.74) is 2.14. The third-order valence-corrected chi connectivity index (χ3v) is 7.88. The predicted molar refractivity (Wildman–Crippen MR) is 158 cm³/mol. The van der Waals surface area contributed by atoms with E-state index in [2.05, 4.69) is 4.99 Å². The molecule has 0 saturated carbocycles. The molecule has 10 nitrogen and oxygen atoms in total. The van der Waals surface area contributed by atoms with Crippen LogP contribution in [0.5, 0.6) is 11.5 Å². The van der Waals surface area contributed by atoms with E-state index in [1.54, 1.807) is 49.4 Å². The van der Waals surface area contributed by atoms with Crippen molar-refractivity contribution in [3.05, 3.63) is 130 Å². The summed E-state index contributed by atoms with van der Waals surface area (Å²) < 4.78 is 18.5. The molecule has 2 heterocycles. The van der Waals surface area contributed by atoms with Crippen LogP contribution in [0.2, 0.25) is 5.02 Å². The van der Waals surface area contributed by atoms with Crippen LogP contribution in [0.15, 0.2) is 87.8 Å². The number of esters is 1. The molecule has 0 unspecified atom stereocenters. The molecule has 0 spiro atoms. The Kier molecular flexibility index (Phi) is 8.23. The maximum absolute atomic E-state index is 14.0. The van der Waals surface area contributed by atoms with Gasteiger partial charge in [-0.1, -0.05) is 41.1 Å². The first-order valence-electron chi connectivity index (χ1n) is 12.6. The third-order valence-electron chi connectivity index (χ3n) is 6.66. The summed E-state index contributed by atoms with van der Waals surface area (Å²) in [6.45, 7) is 1.86. The molecule has 42 heavy (non-hydrogen) atoms. The van der Waals surface area contributed by atoms with Crippen molar-refractivity contribution in [2.45, 2.75) is 19.6 Å². The zero-order chi connectivity index (χ0) is 30.0. The van der Waals surface area contributed by atoms with Gasteiger partial charge in [0.1, 0.15) is 24.1 Å². The van der Waals surface area contributed by atoms with Gasteiger partial charge >= 0.3 is 5.97 Å². The van der Waals surface area contributed by atoms with Gasteiger partial charge in [0.2, 0.25) is 0 Å². The molecule has 0 fully saturated rings. The number of fused-ring (bicyclic) bond motifs is 1. The Labute approximate surface area is 248 Å². The topological polar surface area (TPSA) is 122 Å². The minimum absolute atomic E-state index is 0.00573. The van der Waals surface area contributed by atoms with Gasteiger partial charge in [-0.3, -0.25) is 19.5 Å². The predicted octanol–water partition coefficient (Wildman–Crippen LogP) is 4.56. The van der Waals surface area contributed by atoms with E-state index in [0.29, 0.717) is 42.7 Å². The highest BCUT2D eigenvalue weighted by Gasteiger charge is 2.35. The molecule has 1 atom stereocenters. The molecular weight excluding hydrogens is 582 g/mol. The number of carbonyl (C=O) groups excluding carboxylic acids is 1. The number of aromatic nitrogens is 1. The monoisotopic (exact) mass is 605 g/mol. The number of carbonyl (C=O) groups is 1. The molecule has 0 saturated heterocycles. The van der Waals surface area contributed by atoms with Crippen LogP contribution in [0.4, 0.5) is 5.69 Å². The minimum atomic E-state index is -0.891. The first kappa shape index (κ1) is 28.8. The van der Waals surface area contributed by atoms with Crippen LogP contribution < -0.4 is 24.4 Å². The van der Waals surface area contributed by atoms with Gasteiger partial charge in [0.05, 0.1) is 34.9 Å². The second-order valence-electron chi connectivity index (χ2n) is 9.21. The molecule has 0 bridgehead atoms. The highest BCUT2D eigenvalue weighted by Crippen LogP contribution is 2.37. The third kappa shape index (κ3) is 5.56. The number of non-ortho nitro benzene ring substituents is 1. The summed E-state index contributed by atoms with van der Waals surface area (Å²) in [5.74, 6) is 0.337. The van der Waals surface area contributed by atoms with Crippen LogP contribution in [0.1, 0.15) is 29.7 Å². The van der Waals surface area contributed by atoms with Crippen molar-refractivity contribution in [2.24, 2.45) is 4.99 Å². The Morgan fingerprint density at radius 3 is 2.55 bits per heavy atom. The number of nitro benzene ring substituents is 1. The van der Waals surface area contributed by atoms with Crippen LogP contribution in [-0.4, -0.2) is 29.7 Å². The van der Waals surface area contributed by atoms with Gasteiger partial charge in [-0.15, -0.1) is 0 Å². The van der Waals surface area contributed by atoms with E-state index >= 15 is 0 Å². The number of thiazole rings is 1. The first-order valence-corrected chi connectivity index (χ1v) is 13.8. The van der Waals surface area contributed by atoms with Crippen molar-refractivity contribution in [1.29, 1.82) is 0 Å². The summed E-state index contributed by atoms with van der Waals surface area (Å²) in [6.07, 6.45) is 1.71. The van der Waals surface area contributed by atoms with Crippen molar-refractivity contribution < 1.29 is 23.9 Å². The molecule has 0 N–H and O–H groups in total. The quantitative estimate of drug-likeness (QED) is 0.164. The number of nitrogens with zero attached hydrogens (tertiary/aromatic N) is 3. The fourth-order valence-corrected chi connectivity index (χ4v) is 5.87. The fraction of sp³-hybridized carbons (Fsp3) is 0.167. The lowest BCUT2D eigenvalue weighted by Crippen LogP contribution is -2.40. The minimum Gasteiger partial charge on any atom is -0.496 e. The molecule has 4 aromatic rings. The molecule has 5 rings (SSSR count). The van der Waals surface area contributed by atoms with Crippen molar-refractivity contribution in [3.63, 3.8) is 0 Å². The van der Waals surface area contributed by atoms with Crippen molar-refractivity contribution in [2.75, 3.05) is 14.2 Å². The van der Waals surface area contributed by atoms with Crippen LogP contribution in [0, 0.1) is 10.1 Å². The number of ether oxygens (including phenoxy) is 3. The van der Waals surface area contributed by atoms with Crippen molar-refractivity contribution in [3.8, 4) is 11.5 Å². The molecule has 1 aromatic heterocycles. The van der Waals surface area contributed by atoms with Crippen LogP contribution >= 0.6 is 22.9 Å². The summed E-state index contributed by atoms with van der Waals surface area (Å²) >= 11 is 7.51. The fourth-order valence-electron chi connectivity index (χ4n) is 4.65. The number of benzene rings is 3. The average Bonchev–Trinajstić information content (AvgIpc) is 3.29. The molecule has 1 aliphatic rings. The lowest BCUT2D eigenvalue weighted by atomic mass is 9.95. The Balaban J connectivity index is 1.59. The standard InChI is InChI=1S/C30H24ClN3O7S/c1-17-26(29(36)40-3)27(22-15-20(31)10-13-24(22)39-2)33-28(35)25(42-30(33)32-17)14-19-6-4-5-7-23(19)41-16-18-8-11-21(12-9-18)34(37)38/h4-15,27H,16H2,1-3H3/b25-14-/t27-/m1/s1.